The predicted molar refractivity (Wildman–Crippen MR) is 225 cm³/mol. The second-order valence-corrected chi connectivity index (χ2v) is 14.7. The largest absolute Gasteiger partial charge is 0.208 e. The van der Waals surface area contributed by atoms with Crippen molar-refractivity contribution in [2.45, 2.75) is 5.41 Å². The lowest BCUT2D eigenvalue weighted by atomic mass is 9.66. The van der Waals surface area contributed by atoms with E-state index < -0.39 is 5.41 Å². The van der Waals surface area contributed by atoms with Crippen LogP contribution in [-0.2, 0) is 5.41 Å². The standard InChI is InChI=1S/C52H31N3/c1-3-15-32(16-4-1)49-53-50(33-17-5-2-6-18-33)55-51(54-49)36-28-35-27-34-29-44-39-21-9-7-19-37(39)38-20-8-10-22-40(38)45(44)30-43(34)48(35)52(31-36)46-25-13-11-23-41(46)42-24-12-14-26-47(42)52/h1-31H. The Hall–Kier alpha value is -7.23. The molecule has 0 bridgehead atoms. The fourth-order valence-corrected chi connectivity index (χ4v) is 9.53. The highest BCUT2D eigenvalue weighted by Crippen LogP contribution is 2.58. The van der Waals surface area contributed by atoms with E-state index in [1.165, 1.54) is 76.2 Å². The quantitative estimate of drug-likeness (QED) is 0.173. The Bertz CT molecular complexity index is 3200. The van der Waals surface area contributed by atoms with Crippen LogP contribution in [0.3, 0.4) is 0 Å². The van der Waals surface area contributed by atoms with Crippen LogP contribution in [0.5, 0.6) is 0 Å². The number of allylic oxidation sites excluding steroid dienone is 4. The third-order valence-corrected chi connectivity index (χ3v) is 11.8. The fourth-order valence-electron chi connectivity index (χ4n) is 9.53. The molecule has 1 aromatic heterocycles. The van der Waals surface area contributed by atoms with Crippen molar-refractivity contribution < 1.29 is 0 Å². The maximum atomic E-state index is 5.24. The van der Waals surface area contributed by atoms with Crippen molar-refractivity contribution in [3.05, 3.63) is 215 Å². The highest BCUT2D eigenvalue weighted by molar-refractivity contribution is 6.25. The molecular formula is C52H31N3. The summed E-state index contributed by atoms with van der Waals surface area (Å²) >= 11 is 0. The van der Waals surface area contributed by atoms with Crippen LogP contribution >= 0.6 is 0 Å². The lowest BCUT2D eigenvalue weighted by Crippen LogP contribution is -2.34. The summed E-state index contributed by atoms with van der Waals surface area (Å²) in [6.45, 7) is 0. The van der Waals surface area contributed by atoms with Gasteiger partial charge in [0.2, 0.25) is 0 Å². The second-order valence-electron chi connectivity index (χ2n) is 14.7. The van der Waals surface area contributed by atoms with Crippen LogP contribution in [0.2, 0.25) is 0 Å². The zero-order valence-electron chi connectivity index (χ0n) is 29.7. The molecule has 0 N–H and O–H groups in total. The fraction of sp³-hybridized carbons (Fsp3) is 0.0192. The van der Waals surface area contributed by atoms with Gasteiger partial charge in [-0.25, -0.2) is 15.0 Å². The minimum absolute atomic E-state index is 0.582. The predicted octanol–water partition coefficient (Wildman–Crippen LogP) is 10.6. The van der Waals surface area contributed by atoms with Gasteiger partial charge in [0.15, 0.2) is 17.5 Å². The number of fused-ring (bicyclic) bond motifs is 14. The molecule has 0 radical (unpaired) electrons. The molecule has 3 nitrogen and oxygen atoms in total. The van der Waals surface area contributed by atoms with Crippen LogP contribution in [0.1, 0.15) is 17.0 Å². The zero-order chi connectivity index (χ0) is 36.1. The van der Waals surface area contributed by atoms with E-state index in [0.717, 1.165) is 16.7 Å². The molecule has 1 heterocycles. The molecule has 1 spiro atoms. The molecule has 3 heteroatoms. The average molecular weight is 698 g/mol. The molecule has 0 unspecified atom stereocenters. The van der Waals surface area contributed by atoms with E-state index in [4.69, 9.17) is 15.0 Å². The van der Waals surface area contributed by atoms with Gasteiger partial charge in [-0.1, -0.05) is 164 Å². The molecule has 12 rings (SSSR count). The average Bonchev–Trinajstić information content (AvgIpc) is 3.76. The van der Waals surface area contributed by atoms with Crippen LogP contribution in [0.4, 0.5) is 0 Å². The number of hydrogen-bond donors (Lipinski definition) is 0. The van der Waals surface area contributed by atoms with Gasteiger partial charge in [-0.15, -0.1) is 0 Å². The minimum atomic E-state index is -0.582. The molecule has 0 amide bonds. The summed E-state index contributed by atoms with van der Waals surface area (Å²) in [5.41, 5.74) is 9.88. The van der Waals surface area contributed by atoms with Gasteiger partial charge in [0.05, 0.1) is 5.41 Å². The Morgan fingerprint density at radius 2 is 0.818 bits per heavy atom. The molecule has 55 heavy (non-hydrogen) atoms. The number of benzene rings is 8. The van der Waals surface area contributed by atoms with Crippen molar-refractivity contribution in [2.24, 2.45) is 0 Å². The first-order valence-electron chi connectivity index (χ1n) is 18.9. The van der Waals surface area contributed by atoms with Crippen LogP contribution in [0.15, 0.2) is 188 Å². The lowest BCUT2D eigenvalue weighted by molar-refractivity contribution is 0.859. The van der Waals surface area contributed by atoms with E-state index in [1.54, 1.807) is 0 Å². The number of nitrogens with zero attached hydrogens (tertiary/aromatic N) is 3. The van der Waals surface area contributed by atoms with E-state index in [-0.39, 0.29) is 0 Å². The van der Waals surface area contributed by atoms with Crippen LogP contribution in [0.25, 0.3) is 83.4 Å². The minimum Gasteiger partial charge on any atom is -0.208 e. The Morgan fingerprint density at radius 3 is 1.38 bits per heavy atom. The number of rotatable bonds is 3. The molecule has 254 valence electrons. The second kappa shape index (κ2) is 11.4. The van der Waals surface area contributed by atoms with Crippen LogP contribution < -0.4 is 10.4 Å². The Morgan fingerprint density at radius 1 is 0.364 bits per heavy atom. The van der Waals surface area contributed by atoms with Gasteiger partial charge in [-0.2, -0.15) is 0 Å². The highest BCUT2D eigenvalue weighted by atomic mass is 15.0. The maximum absolute atomic E-state index is 5.24. The van der Waals surface area contributed by atoms with Gasteiger partial charge in [0, 0.05) is 16.7 Å². The van der Waals surface area contributed by atoms with Crippen LogP contribution in [-0.4, -0.2) is 15.0 Å². The third-order valence-electron chi connectivity index (χ3n) is 11.8. The van der Waals surface area contributed by atoms with Crippen molar-refractivity contribution >= 4 is 49.5 Å². The maximum Gasteiger partial charge on any atom is 0.164 e. The number of aromatic nitrogens is 3. The highest BCUT2D eigenvalue weighted by Gasteiger charge is 2.48. The lowest BCUT2D eigenvalue weighted by Gasteiger charge is -2.35. The van der Waals surface area contributed by atoms with E-state index in [2.05, 4.69) is 152 Å². The van der Waals surface area contributed by atoms with E-state index in [0.29, 0.717) is 17.5 Å². The van der Waals surface area contributed by atoms with Gasteiger partial charge < -0.3 is 0 Å². The molecule has 0 atom stereocenters. The van der Waals surface area contributed by atoms with E-state index in [9.17, 15) is 0 Å². The summed E-state index contributed by atoms with van der Waals surface area (Å²) in [6, 6.07) is 60.9. The summed E-state index contributed by atoms with van der Waals surface area (Å²) in [4.78, 5) is 15.5. The first-order chi connectivity index (χ1) is 27.2. The molecular weight excluding hydrogens is 667 g/mol. The molecule has 9 aromatic rings. The first-order valence-corrected chi connectivity index (χ1v) is 18.9. The van der Waals surface area contributed by atoms with Gasteiger partial charge in [0.25, 0.3) is 0 Å². The number of hydrogen-bond acceptors (Lipinski definition) is 3. The molecule has 0 saturated heterocycles. The van der Waals surface area contributed by atoms with E-state index >= 15 is 0 Å². The summed E-state index contributed by atoms with van der Waals surface area (Å²) in [5.74, 6) is 1.97. The van der Waals surface area contributed by atoms with Crippen molar-refractivity contribution in [1.29, 1.82) is 0 Å². The Labute approximate surface area is 317 Å². The monoisotopic (exact) mass is 697 g/mol. The van der Waals surface area contributed by atoms with Gasteiger partial charge in [-0.3, -0.25) is 0 Å². The summed E-state index contributed by atoms with van der Waals surface area (Å²) in [7, 11) is 0. The van der Waals surface area contributed by atoms with Crippen molar-refractivity contribution in [1.82, 2.24) is 15.0 Å². The van der Waals surface area contributed by atoms with Crippen molar-refractivity contribution in [3.8, 4) is 33.9 Å². The molecule has 0 fully saturated rings. The van der Waals surface area contributed by atoms with Gasteiger partial charge in [0.1, 0.15) is 0 Å². The van der Waals surface area contributed by atoms with Crippen molar-refractivity contribution in [2.75, 3.05) is 0 Å². The first kappa shape index (κ1) is 30.3. The topological polar surface area (TPSA) is 38.7 Å². The summed E-state index contributed by atoms with van der Waals surface area (Å²) < 4.78 is 0. The molecule has 0 aliphatic heterocycles. The Kier molecular flexibility index (Phi) is 6.26. The summed E-state index contributed by atoms with van der Waals surface area (Å²) in [6.07, 6.45) is 7.15. The molecule has 3 aliphatic rings. The molecule has 3 aliphatic carbocycles. The van der Waals surface area contributed by atoms with Crippen LogP contribution in [0, 0.1) is 0 Å². The summed E-state index contributed by atoms with van der Waals surface area (Å²) in [5, 5.41) is 10.2. The molecule has 0 saturated carbocycles. The smallest absolute Gasteiger partial charge is 0.164 e. The van der Waals surface area contributed by atoms with Crippen molar-refractivity contribution in [3.63, 3.8) is 0 Å². The normalized spacial score (nSPS) is 14.7. The zero-order valence-corrected chi connectivity index (χ0v) is 29.7. The van der Waals surface area contributed by atoms with Gasteiger partial charge >= 0.3 is 0 Å². The molecule has 8 aromatic carbocycles. The van der Waals surface area contributed by atoms with Gasteiger partial charge in [-0.05, 0) is 100 Å². The SMILES string of the molecule is C1=C2C=c3cc4c5ccccc5c5ccccc5c4cc3=C2C2(C=C1c1nc(-c3ccccc3)nc(-c3ccccc3)n1)c1ccccc1-c1ccccc12. The Balaban J connectivity index is 1.21. The third kappa shape index (κ3) is 4.29. The van der Waals surface area contributed by atoms with E-state index in [1.807, 2.05) is 36.4 Å².